The number of rotatable bonds is 4. The maximum Gasteiger partial charge on any atom is 0.236 e. The van der Waals surface area contributed by atoms with Gasteiger partial charge in [0, 0.05) is 36.1 Å². The summed E-state index contributed by atoms with van der Waals surface area (Å²) in [5, 5.41) is 3.26. The molecule has 4 nitrogen and oxygen atoms in total. The van der Waals surface area contributed by atoms with Gasteiger partial charge in [-0.2, -0.15) is 0 Å². The maximum atomic E-state index is 12.1. The Morgan fingerprint density at radius 3 is 2.90 bits per heavy atom. The number of halogens is 1. The predicted molar refractivity (Wildman–Crippen MR) is 85.5 cm³/mol. The van der Waals surface area contributed by atoms with Gasteiger partial charge in [0.1, 0.15) is 5.75 Å². The zero-order valence-corrected chi connectivity index (χ0v) is 13.7. The second-order valence-corrected chi connectivity index (χ2v) is 6.61. The first-order valence-corrected chi connectivity index (χ1v) is 8.46. The highest BCUT2D eigenvalue weighted by molar-refractivity contribution is 9.10. The van der Waals surface area contributed by atoms with Gasteiger partial charge in [-0.1, -0.05) is 15.9 Å². The van der Waals surface area contributed by atoms with Gasteiger partial charge in [-0.15, -0.1) is 0 Å². The van der Waals surface area contributed by atoms with E-state index in [0.29, 0.717) is 13.1 Å². The fourth-order valence-corrected chi connectivity index (χ4v) is 3.59. The van der Waals surface area contributed by atoms with E-state index in [-0.39, 0.29) is 5.91 Å². The largest absolute Gasteiger partial charge is 0.493 e. The van der Waals surface area contributed by atoms with Crippen LogP contribution in [0.1, 0.15) is 30.4 Å². The maximum absolute atomic E-state index is 12.1. The van der Waals surface area contributed by atoms with Gasteiger partial charge in [0.05, 0.1) is 13.2 Å². The lowest BCUT2D eigenvalue weighted by Gasteiger charge is -2.26. The molecular formula is C16H21BrN2O2. The molecular weight excluding hydrogens is 332 g/mol. The van der Waals surface area contributed by atoms with Crippen molar-refractivity contribution in [2.45, 2.75) is 32.2 Å². The van der Waals surface area contributed by atoms with Crippen LogP contribution in [0.5, 0.6) is 5.75 Å². The summed E-state index contributed by atoms with van der Waals surface area (Å²) in [7, 11) is 0. The molecule has 0 spiro atoms. The number of amides is 1. The van der Waals surface area contributed by atoms with Crippen LogP contribution in [0.4, 0.5) is 0 Å². The molecule has 1 aromatic carbocycles. The first-order valence-electron chi connectivity index (χ1n) is 7.66. The molecule has 21 heavy (non-hydrogen) atoms. The monoisotopic (exact) mass is 352 g/mol. The molecule has 2 heterocycles. The summed E-state index contributed by atoms with van der Waals surface area (Å²) in [6.45, 7) is 3.65. The zero-order chi connectivity index (χ0) is 14.7. The Balaban J connectivity index is 1.55. The van der Waals surface area contributed by atoms with Gasteiger partial charge in [0.2, 0.25) is 5.91 Å². The van der Waals surface area contributed by atoms with Gasteiger partial charge in [0.15, 0.2) is 0 Å². The van der Waals surface area contributed by atoms with E-state index < -0.39 is 0 Å². The minimum absolute atomic E-state index is 0.210. The molecule has 0 aliphatic carbocycles. The van der Waals surface area contributed by atoms with Gasteiger partial charge < -0.3 is 15.0 Å². The summed E-state index contributed by atoms with van der Waals surface area (Å²) in [6, 6.07) is 4.19. The second-order valence-electron chi connectivity index (χ2n) is 5.70. The van der Waals surface area contributed by atoms with Crippen molar-refractivity contribution in [3.8, 4) is 5.75 Å². The highest BCUT2D eigenvalue weighted by atomic mass is 79.9. The third-order valence-corrected chi connectivity index (χ3v) is 4.58. The van der Waals surface area contributed by atoms with Crippen LogP contribution in [0.15, 0.2) is 16.6 Å². The number of fused-ring (bicyclic) bond motifs is 1. The van der Waals surface area contributed by atoms with Crippen molar-refractivity contribution >= 4 is 21.8 Å². The second kappa shape index (κ2) is 6.79. The lowest BCUT2D eigenvalue weighted by atomic mass is 10.1. The molecule has 0 atom stereocenters. The average Bonchev–Trinajstić information content (AvgIpc) is 2.96. The van der Waals surface area contributed by atoms with Gasteiger partial charge in [-0.05, 0) is 37.0 Å². The van der Waals surface area contributed by atoms with Crippen molar-refractivity contribution in [2.24, 2.45) is 0 Å². The van der Waals surface area contributed by atoms with E-state index in [4.69, 9.17) is 4.74 Å². The molecule has 1 saturated heterocycles. The van der Waals surface area contributed by atoms with E-state index in [1.165, 1.54) is 12.0 Å². The van der Waals surface area contributed by atoms with Crippen LogP contribution < -0.4 is 10.1 Å². The fourth-order valence-electron chi connectivity index (χ4n) is 3.04. The summed E-state index contributed by atoms with van der Waals surface area (Å²) in [5.41, 5.74) is 2.38. The predicted octanol–water partition coefficient (Wildman–Crippen LogP) is 2.49. The highest BCUT2D eigenvalue weighted by Gasteiger charge is 2.19. The number of benzene rings is 1. The standard InChI is InChI=1S/C16H21BrN2O2/c17-14-8-12-4-7-21-16(12)13(9-14)10-18-11-15(20)19-5-2-1-3-6-19/h8-9,18H,1-7,10-11H2. The van der Waals surface area contributed by atoms with Crippen LogP contribution in [0.3, 0.4) is 0 Å². The third-order valence-electron chi connectivity index (χ3n) is 4.13. The van der Waals surface area contributed by atoms with Crippen molar-refractivity contribution in [3.63, 3.8) is 0 Å². The molecule has 0 bridgehead atoms. The minimum atomic E-state index is 0.210. The molecule has 3 rings (SSSR count). The van der Waals surface area contributed by atoms with Gasteiger partial charge in [-0.25, -0.2) is 0 Å². The Kier molecular flexibility index (Phi) is 4.80. The molecule has 0 radical (unpaired) electrons. The minimum Gasteiger partial charge on any atom is -0.493 e. The smallest absolute Gasteiger partial charge is 0.236 e. The third kappa shape index (κ3) is 3.58. The van der Waals surface area contributed by atoms with Crippen LogP contribution in [0.2, 0.25) is 0 Å². The van der Waals surface area contributed by atoms with Crippen LogP contribution in [-0.4, -0.2) is 37.0 Å². The first kappa shape index (κ1) is 14.9. The topological polar surface area (TPSA) is 41.6 Å². The quantitative estimate of drug-likeness (QED) is 0.904. The summed E-state index contributed by atoms with van der Waals surface area (Å²) in [4.78, 5) is 14.1. The molecule has 1 N–H and O–H groups in total. The Hall–Kier alpha value is -1.07. The molecule has 0 unspecified atom stereocenters. The van der Waals surface area contributed by atoms with Crippen LogP contribution in [0, 0.1) is 0 Å². The number of piperidine rings is 1. The normalized spacial score (nSPS) is 17.5. The molecule has 2 aliphatic rings. The Morgan fingerprint density at radius 1 is 1.29 bits per heavy atom. The number of hydrogen-bond donors (Lipinski definition) is 1. The first-order chi connectivity index (χ1) is 10.2. The van der Waals surface area contributed by atoms with Crippen molar-refractivity contribution in [3.05, 3.63) is 27.7 Å². The summed E-state index contributed by atoms with van der Waals surface area (Å²) in [6.07, 6.45) is 4.49. The lowest BCUT2D eigenvalue weighted by Crippen LogP contribution is -2.40. The molecule has 1 fully saturated rings. The van der Waals surface area contributed by atoms with E-state index in [9.17, 15) is 4.79 Å². The fraction of sp³-hybridized carbons (Fsp3) is 0.562. The lowest BCUT2D eigenvalue weighted by molar-refractivity contribution is -0.131. The van der Waals surface area contributed by atoms with Crippen LogP contribution >= 0.6 is 15.9 Å². The van der Waals surface area contributed by atoms with E-state index in [1.807, 2.05) is 4.90 Å². The molecule has 1 aromatic rings. The van der Waals surface area contributed by atoms with Crippen LogP contribution in [0.25, 0.3) is 0 Å². The molecule has 1 amide bonds. The molecule has 2 aliphatic heterocycles. The number of carbonyl (C=O) groups excluding carboxylic acids is 1. The Labute approximate surface area is 134 Å². The molecule has 0 aromatic heterocycles. The number of likely N-dealkylation sites (tertiary alicyclic amines) is 1. The van der Waals surface area contributed by atoms with E-state index >= 15 is 0 Å². The number of hydrogen-bond acceptors (Lipinski definition) is 3. The van der Waals surface area contributed by atoms with Gasteiger partial charge in [-0.3, -0.25) is 4.79 Å². The average molecular weight is 353 g/mol. The molecule has 5 heteroatoms. The van der Waals surface area contributed by atoms with E-state index in [1.54, 1.807) is 0 Å². The Morgan fingerprint density at radius 2 is 2.10 bits per heavy atom. The number of nitrogens with one attached hydrogen (secondary N) is 1. The van der Waals surface area contributed by atoms with Crippen molar-refractivity contribution < 1.29 is 9.53 Å². The number of carbonyl (C=O) groups is 1. The van der Waals surface area contributed by atoms with E-state index in [2.05, 4.69) is 33.4 Å². The zero-order valence-electron chi connectivity index (χ0n) is 12.2. The van der Waals surface area contributed by atoms with Gasteiger partial charge in [0.25, 0.3) is 0 Å². The highest BCUT2D eigenvalue weighted by Crippen LogP contribution is 2.32. The van der Waals surface area contributed by atoms with Gasteiger partial charge >= 0.3 is 0 Å². The summed E-state index contributed by atoms with van der Waals surface area (Å²) in [5.74, 6) is 1.21. The molecule has 0 saturated carbocycles. The van der Waals surface area contributed by atoms with Crippen molar-refractivity contribution in [1.29, 1.82) is 0 Å². The number of nitrogens with zero attached hydrogens (tertiary/aromatic N) is 1. The molecule has 114 valence electrons. The number of ether oxygens (including phenoxy) is 1. The van der Waals surface area contributed by atoms with Crippen LogP contribution in [-0.2, 0) is 17.8 Å². The Bertz CT molecular complexity index is 527. The van der Waals surface area contributed by atoms with Crippen molar-refractivity contribution in [2.75, 3.05) is 26.2 Å². The SMILES string of the molecule is O=C(CNCc1cc(Br)cc2c1OCC2)N1CCCCC1. The summed E-state index contributed by atoms with van der Waals surface area (Å²) >= 11 is 3.54. The van der Waals surface area contributed by atoms with Crippen molar-refractivity contribution in [1.82, 2.24) is 10.2 Å². The summed E-state index contributed by atoms with van der Waals surface area (Å²) < 4.78 is 6.78. The van der Waals surface area contributed by atoms with E-state index in [0.717, 1.165) is 54.7 Å².